The van der Waals surface area contributed by atoms with Gasteiger partial charge in [0.1, 0.15) is 11.9 Å². The van der Waals surface area contributed by atoms with E-state index in [2.05, 4.69) is 41.1 Å². The van der Waals surface area contributed by atoms with Crippen LogP contribution < -0.4 is 4.74 Å². The molecule has 1 aromatic carbocycles. The fraction of sp³-hybridized carbons (Fsp3) is 0.647. The normalized spacial score (nSPS) is 25.0. The summed E-state index contributed by atoms with van der Waals surface area (Å²) in [5.74, 6) is 1.07. The molecule has 1 saturated heterocycles. The van der Waals surface area contributed by atoms with E-state index >= 15 is 0 Å². The first kappa shape index (κ1) is 14.4. The molecule has 1 unspecified atom stereocenters. The minimum Gasteiger partial charge on any atom is -0.490 e. The predicted molar refractivity (Wildman–Crippen MR) is 84.6 cm³/mol. The van der Waals surface area contributed by atoms with Gasteiger partial charge in [-0.3, -0.25) is 0 Å². The van der Waals surface area contributed by atoms with Gasteiger partial charge in [-0.05, 0) is 25.3 Å². The summed E-state index contributed by atoms with van der Waals surface area (Å²) >= 11 is 3.56. The van der Waals surface area contributed by atoms with Crippen molar-refractivity contribution in [3.05, 3.63) is 29.3 Å². The molecule has 0 amide bonds. The predicted octanol–water partition coefficient (Wildman–Crippen LogP) is 4.76. The molecule has 2 fully saturated rings. The Morgan fingerprint density at radius 3 is 2.90 bits per heavy atom. The van der Waals surface area contributed by atoms with Crippen LogP contribution in [0.4, 0.5) is 0 Å². The van der Waals surface area contributed by atoms with Gasteiger partial charge in [-0.1, -0.05) is 47.0 Å². The van der Waals surface area contributed by atoms with E-state index in [1.807, 2.05) is 0 Å². The molecule has 1 atom stereocenters. The van der Waals surface area contributed by atoms with E-state index in [0.717, 1.165) is 30.5 Å². The second-order valence-corrected chi connectivity index (χ2v) is 6.73. The molecule has 1 saturated carbocycles. The molecule has 1 aromatic rings. The number of hydrogen-bond donors (Lipinski definition) is 0. The highest BCUT2D eigenvalue weighted by Gasteiger charge is 2.40. The summed E-state index contributed by atoms with van der Waals surface area (Å²) in [6.45, 7) is 2.98. The Morgan fingerprint density at radius 2 is 2.15 bits per heavy atom. The van der Waals surface area contributed by atoms with Crippen molar-refractivity contribution in [3.63, 3.8) is 0 Å². The molecule has 2 nitrogen and oxygen atoms in total. The first-order valence-electron chi connectivity index (χ1n) is 7.67. The third-order valence-corrected chi connectivity index (χ3v) is 5.29. The summed E-state index contributed by atoms with van der Waals surface area (Å²) in [7, 11) is 0. The van der Waals surface area contributed by atoms with Gasteiger partial charge in [0.2, 0.25) is 0 Å². The van der Waals surface area contributed by atoms with Crippen LogP contribution in [0.1, 0.15) is 49.7 Å². The van der Waals surface area contributed by atoms with Crippen molar-refractivity contribution in [3.8, 4) is 5.75 Å². The number of para-hydroxylation sites is 1. The summed E-state index contributed by atoms with van der Waals surface area (Å²) in [5, 5.41) is 0.846. The molecule has 1 heterocycles. The Kier molecular flexibility index (Phi) is 4.37. The number of halogens is 1. The number of hydrogen-bond acceptors (Lipinski definition) is 2. The van der Waals surface area contributed by atoms with Crippen LogP contribution in [0.2, 0.25) is 0 Å². The van der Waals surface area contributed by atoms with E-state index in [0.29, 0.717) is 6.10 Å². The van der Waals surface area contributed by atoms with E-state index in [4.69, 9.17) is 9.47 Å². The Hall–Kier alpha value is -0.540. The molecule has 0 bridgehead atoms. The van der Waals surface area contributed by atoms with Gasteiger partial charge >= 0.3 is 0 Å². The molecule has 0 aromatic heterocycles. The molecule has 3 heteroatoms. The van der Waals surface area contributed by atoms with Crippen LogP contribution in [0.25, 0.3) is 0 Å². The van der Waals surface area contributed by atoms with E-state index in [-0.39, 0.29) is 5.60 Å². The van der Waals surface area contributed by atoms with Gasteiger partial charge in [-0.15, -0.1) is 0 Å². The highest BCUT2D eigenvalue weighted by molar-refractivity contribution is 9.08. The largest absolute Gasteiger partial charge is 0.490 e. The maximum absolute atomic E-state index is 6.38. The molecule has 3 rings (SSSR count). The van der Waals surface area contributed by atoms with Crippen molar-refractivity contribution in [2.45, 2.75) is 62.5 Å². The molecule has 0 N–H and O–H groups in total. The summed E-state index contributed by atoms with van der Waals surface area (Å²) in [4.78, 5) is 0. The van der Waals surface area contributed by atoms with Gasteiger partial charge in [0.05, 0.1) is 12.2 Å². The standard InChI is InChI=1S/C17H23BrO2/c1-13-5-4-6-14(12-18)16(13)20-15-7-10-19-17(11-15)8-2-3-9-17/h4-6,15H,2-3,7-12H2,1H3. The van der Waals surface area contributed by atoms with Crippen molar-refractivity contribution in [1.29, 1.82) is 0 Å². The molecule has 2 aliphatic rings. The van der Waals surface area contributed by atoms with Crippen LogP contribution in [0, 0.1) is 6.92 Å². The smallest absolute Gasteiger partial charge is 0.126 e. The molecule has 0 radical (unpaired) electrons. The van der Waals surface area contributed by atoms with Crippen LogP contribution in [-0.4, -0.2) is 18.3 Å². The Morgan fingerprint density at radius 1 is 1.35 bits per heavy atom. The number of benzene rings is 1. The highest BCUT2D eigenvalue weighted by atomic mass is 79.9. The molecular weight excluding hydrogens is 316 g/mol. The Balaban J connectivity index is 1.74. The van der Waals surface area contributed by atoms with Crippen molar-refractivity contribution >= 4 is 15.9 Å². The summed E-state index contributed by atoms with van der Waals surface area (Å²) in [5.41, 5.74) is 2.60. The fourth-order valence-electron chi connectivity index (χ4n) is 3.60. The zero-order valence-corrected chi connectivity index (χ0v) is 13.7. The second-order valence-electron chi connectivity index (χ2n) is 6.17. The monoisotopic (exact) mass is 338 g/mol. The second kappa shape index (κ2) is 6.07. The summed E-state index contributed by atoms with van der Waals surface area (Å²) in [6.07, 6.45) is 7.42. The maximum atomic E-state index is 6.38. The van der Waals surface area contributed by atoms with E-state index in [9.17, 15) is 0 Å². The molecule has 1 spiro atoms. The number of aryl methyl sites for hydroxylation is 1. The highest BCUT2D eigenvalue weighted by Crippen LogP contribution is 2.41. The lowest BCUT2D eigenvalue weighted by Gasteiger charge is -2.38. The topological polar surface area (TPSA) is 18.5 Å². The minimum atomic E-state index is 0.125. The fourth-order valence-corrected chi connectivity index (χ4v) is 4.05. The quantitative estimate of drug-likeness (QED) is 0.739. The zero-order chi connectivity index (χ0) is 14.0. The molecule has 1 aliphatic carbocycles. The lowest BCUT2D eigenvalue weighted by molar-refractivity contribution is -0.108. The Labute approximate surface area is 130 Å². The van der Waals surface area contributed by atoms with Gasteiger partial charge in [0.25, 0.3) is 0 Å². The molecule has 1 aliphatic heterocycles. The van der Waals surface area contributed by atoms with Crippen LogP contribution in [0.15, 0.2) is 18.2 Å². The first-order valence-corrected chi connectivity index (χ1v) is 8.80. The Bertz CT molecular complexity index is 466. The third-order valence-electron chi connectivity index (χ3n) is 4.68. The van der Waals surface area contributed by atoms with Gasteiger partial charge in [-0.2, -0.15) is 0 Å². The van der Waals surface area contributed by atoms with Crippen molar-refractivity contribution < 1.29 is 9.47 Å². The lowest BCUT2D eigenvalue weighted by atomic mass is 9.90. The molecule has 20 heavy (non-hydrogen) atoms. The van der Waals surface area contributed by atoms with Crippen LogP contribution in [0.5, 0.6) is 5.75 Å². The lowest BCUT2D eigenvalue weighted by Crippen LogP contribution is -2.41. The van der Waals surface area contributed by atoms with Gasteiger partial charge in [-0.25, -0.2) is 0 Å². The first-order chi connectivity index (χ1) is 9.72. The van der Waals surface area contributed by atoms with E-state index < -0.39 is 0 Å². The summed E-state index contributed by atoms with van der Waals surface area (Å²) in [6, 6.07) is 6.37. The van der Waals surface area contributed by atoms with Crippen molar-refractivity contribution in [2.75, 3.05) is 6.61 Å². The van der Waals surface area contributed by atoms with Crippen LogP contribution in [-0.2, 0) is 10.1 Å². The number of alkyl halides is 1. The average molecular weight is 339 g/mol. The van der Waals surface area contributed by atoms with Crippen LogP contribution >= 0.6 is 15.9 Å². The molecular formula is C17H23BrO2. The van der Waals surface area contributed by atoms with Gasteiger partial charge in [0.15, 0.2) is 0 Å². The van der Waals surface area contributed by atoms with Crippen molar-refractivity contribution in [2.24, 2.45) is 0 Å². The van der Waals surface area contributed by atoms with Crippen LogP contribution in [0.3, 0.4) is 0 Å². The van der Waals surface area contributed by atoms with Gasteiger partial charge in [0, 0.05) is 23.7 Å². The average Bonchev–Trinajstić information content (AvgIpc) is 2.89. The zero-order valence-electron chi connectivity index (χ0n) is 12.2. The van der Waals surface area contributed by atoms with Gasteiger partial charge < -0.3 is 9.47 Å². The summed E-state index contributed by atoms with van der Waals surface area (Å²) < 4.78 is 12.5. The SMILES string of the molecule is Cc1cccc(CBr)c1OC1CCOC2(CCCC2)C1. The minimum absolute atomic E-state index is 0.125. The third kappa shape index (κ3) is 2.89. The maximum Gasteiger partial charge on any atom is 0.126 e. The van der Waals surface area contributed by atoms with E-state index in [1.54, 1.807) is 0 Å². The number of rotatable bonds is 3. The molecule has 110 valence electrons. The van der Waals surface area contributed by atoms with Crippen molar-refractivity contribution in [1.82, 2.24) is 0 Å². The number of ether oxygens (including phenoxy) is 2. The van der Waals surface area contributed by atoms with E-state index in [1.165, 1.54) is 36.8 Å².